The van der Waals surface area contributed by atoms with Crippen molar-refractivity contribution in [2.75, 3.05) is 26.0 Å². The molecule has 116 valence electrons. The van der Waals surface area contributed by atoms with Crippen molar-refractivity contribution in [3.05, 3.63) is 27.7 Å². The van der Waals surface area contributed by atoms with Gasteiger partial charge in [0.1, 0.15) is 0 Å². The fraction of sp³-hybridized carbons (Fsp3) is 0.533. The van der Waals surface area contributed by atoms with Crippen molar-refractivity contribution in [3.63, 3.8) is 0 Å². The number of nitrogens with two attached hydrogens (primary N) is 1. The molecule has 0 aromatic heterocycles. The largest absolute Gasteiger partial charge is 0.396 e. The molecule has 1 fully saturated rings. The lowest BCUT2D eigenvalue weighted by Gasteiger charge is -2.29. The third-order valence-corrected chi connectivity index (χ3v) is 4.54. The molecule has 1 unspecified atom stereocenters. The van der Waals surface area contributed by atoms with E-state index in [0.717, 1.165) is 0 Å². The van der Waals surface area contributed by atoms with Gasteiger partial charge in [0.15, 0.2) is 0 Å². The first-order valence-corrected chi connectivity index (χ1v) is 7.75. The monoisotopic (exact) mass is 330 g/mol. The van der Waals surface area contributed by atoms with E-state index < -0.39 is 0 Å². The first-order chi connectivity index (χ1) is 9.95. The Morgan fingerprint density at radius 2 is 2.00 bits per heavy atom. The van der Waals surface area contributed by atoms with Gasteiger partial charge < -0.3 is 15.4 Å². The number of amides is 1. The summed E-state index contributed by atoms with van der Waals surface area (Å²) in [7, 11) is 1.63. The van der Waals surface area contributed by atoms with E-state index >= 15 is 0 Å². The van der Waals surface area contributed by atoms with Crippen LogP contribution in [-0.4, -0.2) is 37.1 Å². The number of hydrogen-bond acceptors (Lipinski definition) is 3. The van der Waals surface area contributed by atoms with Gasteiger partial charge in [0, 0.05) is 25.3 Å². The second-order valence-electron chi connectivity index (χ2n) is 5.42. The molecule has 1 saturated carbocycles. The summed E-state index contributed by atoms with van der Waals surface area (Å²) in [6, 6.07) is 3.33. The SMILES string of the molecule is COCCN(C(=O)c1cc(Cl)c(N)c(Cl)c1)C(C)C1CC1. The summed E-state index contributed by atoms with van der Waals surface area (Å²) < 4.78 is 5.11. The third kappa shape index (κ3) is 3.82. The highest BCUT2D eigenvalue weighted by molar-refractivity contribution is 6.39. The zero-order valence-electron chi connectivity index (χ0n) is 12.2. The van der Waals surface area contributed by atoms with E-state index in [4.69, 9.17) is 33.7 Å². The van der Waals surface area contributed by atoms with Crippen LogP contribution in [0.15, 0.2) is 12.1 Å². The molecule has 2 N–H and O–H groups in total. The van der Waals surface area contributed by atoms with E-state index in [1.807, 2.05) is 4.90 Å². The van der Waals surface area contributed by atoms with Crippen molar-refractivity contribution in [1.82, 2.24) is 4.90 Å². The number of rotatable bonds is 6. The van der Waals surface area contributed by atoms with E-state index in [1.54, 1.807) is 19.2 Å². The fourth-order valence-electron chi connectivity index (χ4n) is 2.39. The second-order valence-corrected chi connectivity index (χ2v) is 6.24. The number of hydrogen-bond donors (Lipinski definition) is 1. The third-order valence-electron chi connectivity index (χ3n) is 3.92. The van der Waals surface area contributed by atoms with Crippen LogP contribution in [0, 0.1) is 5.92 Å². The quantitative estimate of drug-likeness (QED) is 0.812. The molecule has 1 aliphatic rings. The molecule has 1 aromatic rings. The van der Waals surface area contributed by atoms with Gasteiger partial charge in [-0.15, -0.1) is 0 Å². The predicted molar refractivity (Wildman–Crippen MR) is 86.0 cm³/mol. The Hall–Kier alpha value is -0.970. The van der Waals surface area contributed by atoms with E-state index in [2.05, 4.69) is 6.92 Å². The molecule has 2 rings (SSSR count). The Labute approximate surface area is 135 Å². The van der Waals surface area contributed by atoms with Gasteiger partial charge >= 0.3 is 0 Å². The highest BCUT2D eigenvalue weighted by Crippen LogP contribution is 2.36. The van der Waals surface area contributed by atoms with Crippen molar-refractivity contribution < 1.29 is 9.53 Å². The molecular weight excluding hydrogens is 311 g/mol. The fourth-order valence-corrected chi connectivity index (χ4v) is 2.87. The van der Waals surface area contributed by atoms with Crippen molar-refractivity contribution in [3.8, 4) is 0 Å². The Morgan fingerprint density at radius 1 is 1.43 bits per heavy atom. The number of nitrogens with zero attached hydrogens (tertiary/aromatic N) is 1. The van der Waals surface area contributed by atoms with Crippen LogP contribution in [0.1, 0.15) is 30.1 Å². The van der Waals surface area contributed by atoms with Gasteiger partial charge in [0.2, 0.25) is 0 Å². The summed E-state index contributed by atoms with van der Waals surface area (Å²) in [6.07, 6.45) is 2.34. The van der Waals surface area contributed by atoms with E-state index in [9.17, 15) is 4.79 Å². The van der Waals surface area contributed by atoms with E-state index in [1.165, 1.54) is 12.8 Å². The molecule has 1 aliphatic carbocycles. The maximum Gasteiger partial charge on any atom is 0.254 e. The predicted octanol–water partition coefficient (Wildman–Crippen LogP) is 3.46. The number of anilines is 1. The van der Waals surface area contributed by atoms with Gasteiger partial charge in [0.25, 0.3) is 5.91 Å². The normalized spacial score (nSPS) is 15.8. The average molecular weight is 331 g/mol. The molecule has 6 heteroatoms. The highest BCUT2D eigenvalue weighted by Gasteiger charge is 2.34. The van der Waals surface area contributed by atoms with Gasteiger partial charge in [-0.1, -0.05) is 23.2 Å². The summed E-state index contributed by atoms with van der Waals surface area (Å²) in [5.41, 5.74) is 6.48. The summed E-state index contributed by atoms with van der Waals surface area (Å²) in [6.45, 7) is 3.12. The van der Waals surface area contributed by atoms with Crippen LogP contribution in [0.4, 0.5) is 5.69 Å². The van der Waals surface area contributed by atoms with Crippen molar-refractivity contribution in [2.24, 2.45) is 5.92 Å². The van der Waals surface area contributed by atoms with E-state index in [0.29, 0.717) is 40.4 Å². The Kier molecular flexibility index (Phi) is 5.36. The van der Waals surface area contributed by atoms with Crippen LogP contribution < -0.4 is 5.73 Å². The molecule has 0 aliphatic heterocycles. The van der Waals surface area contributed by atoms with Gasteiger partial charge in [0.05, 0.1) is 22.3 Å². The lowest BCUT2D eigenvalue weighted by Crippen LogP contribution is -2.42. The molecule has 0 saturated heterocycles. The van der Waals surface area contributed by atoms with Crippen LogP contribution in [0.2, 0.25) is 10.0 Å². The number of ether oxygens (including phenoxy) is 1. The summed E-state index contributed by atoms with van der Waals surface area (Å²) in [5.74, 6) is 0.487. The number of nitrogen functional groups attached to an aromatic ring is 1. The van der Waals surface area contributed by atoms with Gasteiger partial charge in [-0.25, -0.2) is 0 Å². The molecule has 4 nitrogen and oxygen atoms in total. The van der Waals surface area contributed by atoms with Crippen LogP contribution in [-0.2, 0) is 4.74 Å². The molecule has 1 atom stereocenters. The summed E-state index contributed by atoms with van der Waals surface area (Å²) >= 11 is 12.0. The minimum absolute atomic E-state index is 0.0877. The van der Waals surface area contributed by atoms with Gasteiger partial charge in [-0.2, -0.15) is 0 Å². The smallest absolute Gasteiger partial charge is 0.254 e. The maximum atomic E-state index is 12.8. The zero-order valence-corrected chi connectivity index (χ0v) is 13.7. The van der Waals surface area contributed by atoms with Crippen molar-refractivity contribution in [1.29, 1.82) is 0 Å². The second kappa shape index (κ2) is 6.86. The number of carbonyl (C=O) groups excluding carboxylic acids is 1. The molecule has 0 radical (unpaired) electrons. The Balaban J connectivity index is 2.24. The maximum absolute atomic E-state index is 12.8. The van der Waals surface area contributed by atoms with Crippen molar-refractivity contribution in [2.45, 2.75) is 25.8 Å². The van der Waals surface area contributed by atoms with E-state index in [-0.39, 0.29) is 11.9 Å². The Bertz CT molecular complexity index is 509. The number of halogens is 2. The molecular formula is C15H20Cl2N2O2. The minimum atomic E-state index is -0.0877. The summed E-state index contributed by atoms with van der Waals surface area (Å²) in [5, 5.41) is 0.605. The van der Waals surface area contributed by atoms with Crippen LogP contribution in [0.3, 0.4) is 0 Å². The lowest BCUT2D eigenvalue weighted by atomic mass is 10.1. The Morgan fingerprint density at radius 3 is 2.48 bits per heavy atom. The standard InChI is InChI=1S/C15H20Cl2N2O2/c1-9(10-3-4-10)19(5-6-21-2)15(20)11-7-12(16)14(18)13(17)8-11/h7-10H,3-6,18H2,1-2H3. The van der Waals surface area contributed by atoms with Crippen LogP contribution in [0.25, 0.3) is 0 Å². The molecule has 21 heavy (non-hydrogen) atoms. The molecule has 1 amide bonds. The molecule has 0 spiro atoms. The molecule has 0 bridgehead atoms. The molecule has 0 heterocycles. The van der Waals surface area contributed by atoms with Crippen LogP contribution in [0.5, 0.6) is 0 Å². The number of carbonyl (C=O) groups is 1. The number of methoxy groups -OCH3 is 1. The first-order valence-electron chi connectivity index (χ1n) is 7.00. The lowest BCUT2D eigenvalue weighted by molar-refractivity contribution is 0.0594. The minimum Gasteiger partial charge on any atom is -0.396 e. The summed E-state index contributed by atoms with van der Waals surface area (Å²) in [4.78, 5) is 14.6. The first kappa shape index (κ1) is 16.4. The average Bonchev–Trinajstić information content (AvgIpc) is 3.28. The molecule has 1 aromatic carbocycles. The topological polar surface area (TPSA) is 55.6 Å². The number of benzene rings is 1. The van der Waals surface area contributed by atoms with Crippen LogP contribution >= 0.6 is 23.2 Å². The highest BCUT2D eigenvalue weighted by atomic mass is 35.5. The van der Waals surface area contributed by atoms with Crippen molar-refractivity contribution >= 4 is 34.8 Å². The van der Waals surface area contributed by atoms with Gasteiger partial charge in [-0.05, 0) is 37.8 Å². The van der Waals surface area contributed by atoms with Gasteiger partial charge in [-0.3, -0.25) is 4.79 Å². The zero-order chi connectivity index (χ0) is 15.6.